The lowest BCUT2D eigenvalue weighted by Gasteiger charge is -2.33. The predicted molar refractivity (Wildman–Crippen MR) is 119 cm³/mol. The Morgan fingerprint density at radius 1 is 1.10 bits per heavy atom. The summed E-state index contributed by atoms with van der Waals surface area (Å²) in [7, 11) is 0. The first-order valence-electron chi connectivity index (χ1n) is 10.5. The number of likely N-dealkylation sites (tertiary alicyclic amines) is 1. The van der Waals surface area contributed by atoms with Crippen molar-refractivity contribution in [1.82, 2.24) is 25.1 Å². The first kappa shape index (κ1) is 20.6. The molecule has 3 aromatic rings. The molecule has 0 unspecified atom stereocenters. The molecule has 1 fully saturated rings. The summed E-state index contributed by atoms with van der Waals surface area (Å²) in [6.07, 6.45) is 3.20. The lowest BCUT2D eigenvalue weighted by molar-refractivity contribution is -0.131. The average molecular weight is 422 g/mol. The Labute approximate surface area is 181 Å². The van der Waals surface area contributed by atoms with Crippen LogP contribution in [-0.2, 0) is 11.2 Å². The summed E-state index contributed by atoms with van der Waals surface area (Å²) in [6.45, 7) is 5.62. The molecule has 30 heavy (non-hydrogen) atoms. The van der Waals surface area contributed by atoms with Crippen LogP contribution < -0.4 is 0 Å². The highest BCUT2D eigenvalue weighted by molar-refractivity contribution is 8.00. The second-order valence-corrected chi connectivity index (χ2v) is 9.19. The zero-order valence-corrected chi connectivity index (χ0v) is 18.3. The minimum atomic E-state index is -0.232. The van der Waals surface area contributed by atoms with Gasteiger partial charge in [-0.2, -0.15) is 4.68 Å². The largest absolute Gasteiger partial charge is 0.342 e. The van der Waals surface area contributed by atoms with Crippen molar-refractivity contribution in [3.63, 3.8) is 0 Å². The van der Waals surface area contributed by atoms with Gasteiger partial charge < -0.3 is 4.90 Å². The average Bonchev–Trinajstić information content (AvgIpc) is 3.22. The number of aryl methyl sites for hydroxylation is 1. The molecule has 0 aliphatic carbocycles. The van der Waals surface area contributed by atoms with Crippen molar-refractivity contribution in [3.05, 3.63) is 65.7 Å². The Hall–Kier alpha value is -2.67. The highest BCUT2D eigenvalue weighted by Gasteiger charge is 2.28. The van der Waals surface area contributed by atoms with Gasteiger partial charge in [-0.1, -0.05) is 60.3 Å². The minimum Gasteiger partial charge on any atom is -0.342 e. The van der Waals surface area contributed by atoms with Crippen molar-refractivity contribution in [1.29, 1.82) is 0 Å². The van der Waals surface area contributed by atoms with Gasteiger partial charge in [0.05, 0.1) is 10.9 Å². The Morgan fingerprint density at radius 2 is 1.80 bits per heavy atom. The third-order valence-electron chi connectivity index (χ3n) is 5.71. The standard InChI is InChI=1S/C23H27N5OS/c1-17-8-6-7-11-21(17)28-23(24-25-26-28)30-18(2)22(29)27-14-12-20(13-15-27)16-19-9-4-3-5-10-19/h3-11,18,20H,12-16H2,1-2H3/t18-/m1/s1. The van der Waals surface area contributed by atoms with E-state index in [2.05, 4.69) is 45.9 Å². The maximum absolute atomic E-state index is 13.0. The number of carbonyl (C=O) groups excluding carboxylic acids is 1. The third-order valence-corrected chi connectivity index (χ3v) is 6.73. The van der Waals surface area contributed by atoms with E-state index in [0.717, 1.165) is 43.6 Å². The van der Waals surface area contributed by atoms with Gasteiger partial charge in [0.15, 0.2) is 0 Å². The molecule has 0 bridgehead atoms. The van der Waals surface area contributed by atoms with Crippen molar-refractivity contribution in [2.45, 2.75) is 43.5 Å². The van der Waals surface area contributed by atoms with Crippen molar-refractivity contribution in [2.75, 3.05) is 13.1 Å². The number of tetrazole rings is 1. The fraction of sp³-hybridized carbons (Fsp3) is 0.391. The summed E-state index contributed by atoms with van der Waals surface area (Å²) in [5.41, 5.74) is 3.41. The fourth-order valence-electron chi connectivity index (χ4n) is 3.98. The molecule has 0 saturated carbocycles. The first-order chi connectivity index (χ1) is 14.6. The Kier molecular flexibility index (Phi) is 6.47. The zero-order valence-electron chi connectivity index (χ0n) is 17.4. The quantitative estimate of drug-likeness (QED) is 0.564. The molecule has 2 heterocycles. The molecular weight excluding hydrogens is 394 g/mol. The fourth-order valence-corrected chi connectivity index (χ4v) is 4.86. The van der Waals surface area contributed by atoms with Crippen LogP contribution in [0.5, 0.6) is 0 Å². The molecule has 1 aliphatic rings. The summed E-state index contributed by atoms with van der Waals surface area (Å²) in [5.74, 6) is 0.810. The number of hydrogen-bond acceptors (Lipinski definition) is 5. The van der Waals surface area contributed by atoms with E-state index in [1.54, 1.807) is 4.68 Å². The van der Waals surface area contributed by atoms with E-state index in [0.29, 0.717) is 11.1 Å². The first-order valence-corrected chi connectivity index (χ1v) is 11.3. The van der Waals surface area contributed by atoms with Crippen LogP contribution in [0.25, 0.3) is 5.69 Å². The lowest BCUT2D eigenvalue weighted by Crippen LogP contribution is -2.42. The maximum Gasteiger partial charge on any atom is 0.235 e. The minimum absolute atomic E-state index is 0.164. The van der Waals surface area contributed by atoms with Crippen LogP contribution in [0, 0.1) is 12.8 Å². The molecule has 0 N–H and O–H groups in total. The Morgan fingerprint density at radius 3 is 2.53 bits per heavy atom. The van der Waals surface area contributed by atoms with Gasteiger partial charge in [0.1, 0.15) is 0 Å². The molecular formula is C23H27N5OS. The maximum atomic E-state index is 13.0. The van der Waals surface area contributed by atoms with Crippen LogP contribution in [0.1, 0.15) is 30.9 Å². The number of hydrogen-bond donors (Lipinski definition) is 0. The summed E-state index contributed by atoms with van der Waals surface area (Å²) in [4.78, 5) is 15.0. The number of carbonyl (C=O) groups is 1. The van der Waals surface area contributed by atoms with Gasteiger partial charge in [0.25, 0.3) is 0 Å². The van der Waals surface area contributed by atoms with Crippen molar-refractivity contribution < 1.29 is 4.79 Å². The number of para-hydroxylation sites is 1. The van der Waals surface area contributed by atoms with Crippen LogP contribution in [0.4, 0.5) is 0 Å². The Bertz CT molecular complexity index is 982. The van der Waals surface area contributed by atoms with Gasteiger partial charge in [-0.25, -0.2) is 0 Å². The van der Waals surface area contributed by atoms with E-state index < -0.39 is 0 Å². The van der Waals surface area contributed by atoms with Gasteiger partial charge in [-0.3, -0.25) is 4.79 Å². The number of amides is 1. The number of piperidine rings is 1. The van der Waals surface area contributed by atoms with E-state index in [1.807, 2.05) is 43.0 Å². The highest BCUT2D eigenvalue weighted by Crippen LogP contribution is 2.27. The van der Waals surface area contributed by atoms with Crippen LogP contribution >= 0.6 is 11.8 Å². The van der Waals surface area contributed by atoms with Crippen LogP contribution in [0.15, 0.2) is 59.8 Å². The molecule has 2 aromatic carbocycles. The van der Waals surface area contributed by atoms with Crippen LogP contribution in [-0.4, -0.2) is 49.4 Å². The summed E-state index contributed by atoms with van der Waals surface area (Å²) in [5, 5.41) is 12.5. The Balaban J connectivity index is 1.34. The molecule has 1 saturated heterocycles. The highest BCUT2D eigenvalue weighted by atomic mass is 32.2. The lowest BCUT2D eigenvalue weighted by atomic mass is 9.90. The molecule has 1 aliphatic heterocycles. The number of nitrogens with zero attached hydrogens (tertiary/aromatic N) is 5. The van der Waals surface area contributed by atoms with E-state index in [-0.39, 0.29) is 11.2 Å². The van der Waals surface area contributed by atoms with Gasteiger partial charge in [0, 0.05) is 13.1 Å². The second-order valence-electron chi connectivity index (χ2n) is 7.88. The molecule has 6 nitrogen and oxygen atoms in total. The van der Waals surface area contributed by atoms with E-state index in [4.69, 9.17) is 0 Å². The van der Waals surface area contributed by atoms with Crippen LogP contribution in [0.3, 0.4) is 0 Å². The molecule has 1 atom stereocenters. The summed E-state index contributed by atoms with van der Waals surface area (Å²) < 4.78 is 1.72. The van der Waals surface area contributed by atoms with E-state index in [9.17, 15) is 4.79 Å². The smallest absolute Gasteiger partial charge is 0.235 e. The summed E-state index contributed by atoms with van der Waals surface area (Å²) in [6, 6.07) is 18.6. The second kappa shape index (κ2) is 9.43. The van der Waals surface area contributed by atoms with Gasteiger partial charge in [-0.15, -0.1) is 5.10 Å². The SMILES string of the molecule is Cc1ccccc1-n1nnnc1S[C@H](C)C(=O)N1CCC(Cc2ccccc2)CC1. The summed E-state index contributed by atoms with van der Waals surface area (Å²) >= 11 is 1.42. The molecule has 7 heteroatoms. The molecule has 0 radical (unpaired) electrons. The number of benzene rings is 2. The normalized spacial score (nSPS) is 15.9. The number of rotatable bonds is 6. The topological polar surface area (TPSA) is 63.9 Å². The molecule has 1 aromatic heterocycles. The molecule has 4 rings (SSSR count). The molecule has 156 valence electrons. The molecule has 0 spiro atoms. The van der Waals surface area contributed by atoms with E-state index >= 15 is 0 Å². The zero-order chi connectivity index (χ0) is 20.9. The van der Waals surface area contributed by atoms with E-state index in [1.165, 1.54) is 17.3 Å². The van der Waals surface area contributed by atoms with Crippen molar-refractivity contribution >= 4 is 17.7 Å². The van der Waals surface area contributed by atoms with Crippen LogP contribution in [0.2, 0.25) is 0 Å². The third kappa shape index (κ3) is 4.73. The molecule has 1 amide bonds. The van der Waals surface area contributed by atoms with Gasteiger partial charge in [-0.05, 0) is 66.6 Å². The van der Waals surface area contributed by atoms with Crippen molar-refractivity contribution in [3.8, 4) is 5.69 Å². The van der Waals surface area contributed by atoms with Crippen molar-refractivity contribution in [2.24, 2.45) is 5.92 Å². The van der Waals surface area contributed by atoms with Gasteiger partial charge >= 0.3 is 0 Å². The number of aromatic nitrogens is 4. The predicted octanol–water partition coefficient (Wildman–Crippen LogP) is 3.93. The number of thioether (sulfide) groups is 1. The monoisotopic (exact) mass is 421 g/mol. The van der Waals surface area contributed by atoms with Gasteiger partial charge in [0.2, 0.25) is 11.1 Å².